The number of carbonyl (C=O) groups excluding carboxylic acids is 2. The Balaban J connectivity index is 1.96. The highest BCUT2D eigenvalue weighted by Gasteiger charge is 2.16. The van der Waals surface area contributed by atoms with Crippen LogP contribution >= 0.6 is 23.2 Å². The number of hydrogen-bond acceptors (Lipinski definition) is 3. The van der Waals surface area contributed by atoms with E-state index in [0.29, 0.717) is 22.3 Å². The Labute approximate surface area is 176 Å². The number of aryl methyl sites for hydroxylation is 2. The van der Waals surface area contributed by atoms with Crippen LogP contribution in [-0.4, -0.2) is 36.3 Å². The highest BCUT2D eigenvalue weighted by Crippen LogP contribution is 2.25. The Morgan fingerprint density at radius 1 is 0.929 bits per heavy atom. The minimum atomic E-state index is -0.239. The molecule has 0 fully saturated rings. The lowest BCUT2D eigenvalue weighted by molar-refractivity contribution is -0.120. The van der Waals surface area contributed by atoms with E-state index in [0.717, 1.165) is 23.2 Å². The number of amides is 2. The molecule has 0 aliphatic heterocycles. The van der Waals surface area contributed by atoms with Crippen LogP contribution in [0.25, 0.3) is 0 Å². The summed E-state index contributed by atoms with van der Waals surface area (Å²) in [7, 11) is 0. The first-order valence-corrected chi connectivity index (χ1v) is 9.88. The highest BCUT2D eigenvalue weighted by molar-refractivity contribution is 6.36. The van der Waals surface area contributed by atoms with Crippen molar-refractivity contribution in [1.82, 2.24) is 4.90 Å². The largest absolute Gasteiger partial charge is 0.325 e. The zero-order chi connectivity index (χ0) is 20.7. The summed E-state index contributed by atoms with van der Waals surface area (Å²) in [4.78, 5) is 26.6. The number of anilines is 2. The Bertz CT molecular complexity index is 788. The molecule has 150 valence electrons. The third kappa shape index (κ3) is 6.82. The average Bonchev–Trinajstić information content (AvgIpc) is 2.60. The minimum absolute atomic E-state index is 0.0904. The average molecular weight is 422 g/mol. The van der Waals surface area contributed by atoms with Gasteiger partial charge in [0.2, 0.25) is 11.8 Å². The van der Waals surface area contributed by atoms with Gasteiger partial charge in [-0.05, 0) is 56.6 Å². The van der Waals surface area contributed by atoms with Crippen molar-refractivity contribution in [1.29, 1.82) is 0 Å². The van der Waals surface area contributed by atoms with E-state index in [1.165, 1.54) is 0 Å². The number of halogens is 2. The van der Waals surface area contributed by atoms with Gasteiger partial charge in [-0.25, -0.2) is 0 Å². The molecule has 0 atom stereocenters. The zero-order valence-corrected chi connectivity index (χ0v) is 17.8. The van der Waals surface area contributed by atoms with Gasteiger partial charge >= 0.3 is 0 Å². The summed E-state index contributed by atoms with van der Waals surface area (Å²) in [5, 5.41) is 6.55. The summed E-state index contributed by atoms with van der Waals surface area (Å²) >= 11 is 12.0. The van der Waals surface area contributed by atoms with E-state index in [4.69, 9.17) is 23.2 Å². The zero-order valence-electron chi connectivity index (χ0n) is 16.3. The first-order valence-electron chi connectivity index (χ1n) is 9.13. The molecule has 0 radical (unpaired) electrons. The Morgan fingerprint density at radius 3 is 2.11 bits per heavy atom. The van der Waals surface area contributed by atoms with E-state index >= 15 is 0 Å². The summed E-state index contributed by atoms with van der Waals surface area (Å²) in [5.41, 5.74) is 3.42. The van der Waals surface area contributed by atoms with E-state index in [9.17, 15) is 9.59 Å². The van der Waals surface area contributed by atoms with Gasteiger partial charge in [0.05, 0.1) is 23.8 Å². The molecule has 0 unspecified atom stereocenters. The highest BCUT2D eigenvalue weighted by atomic mass is 35.5. The third-order valence-corrected chi connectivity index (χ3v) is 4.68. The van der Waals surface area contributed by atoms with Crippen molar-refractivity contribution in [3.63, 3.8) is 0 Å². The number of nitrogens with one attached hydrogen (secondary N) is 2. The topological polar surface area (TPSA) is 61.4 Å². The SMILES string of the molecule is CCCN(CC(=O)Nc1ccc(C)cc1C)CC(=O)Nc1ccc(Cl)cc1Cl. The molecule has 0 aliphatic rings. The lowest BCUT2D eigenvalue weighted by Crippen LogP contribution is -2.39. The summed E-state index contributed by atoms with van der Waals surface area (Å²) in [5.74, 6) is -0.394. The molecule has 5 nitrogen and oxygen atoms in total. The molecule has 0 spiro atoms. The second kappa shape index (κ2) is 10.5. The van der Waals surface area contributed by atoms with Crippen LogP contribution in [0.4, 0.5) is 11.4 Å². The lowest BCUT2D eigenvalue weighted by atomic mass is 10.1. The third-order valence-electron chi connectivity index (χ3n) is 4.14. The molecule has 7 heteroatoms. The summed E-state index contributed by atoms with van der Waals surface area (Å²) in [6.07, 6.45) is 0.825. The predicted molar refractivity (Wildman–Crippen MR) is 116 cm³/mol. The number of rotatable bonds is 8. The predicted octanol–water partition coefficient (Wildman–Crippen LogP) is 4.90. The maximum Gasteiger partial charge on any atom is 0.238 e. The van der Waals surface area contributed by atoms with Gasteiger partial charge in [0, 0.05) is 10.7 Å². The molecule has 0 bridgehead atoms. The minimum Gasteiger partial charge on any atom is -0.325 e. The Morgan fingerprint density at radius 2 is 1.54 bits per heavy atom. The first kappa shape index (κ1) is 22.2. The molecule has 0 saturated carbocycles. The molecule has 0 saturated heterocycles. The van der Waals surface area contributed by atoms with Gasteiger partial charge in [-0.2, -0.15) is 0 Å². The van der Waals surface area contributed by atoms with Crippen LogP contribution in [0.5, 0.6) is 0 Å². The molecule has 28 heavy (non-hydrogen) atoms. The lowest BCUT2D eigenvalue weighted by Gasteiger charge is -2.21. The molecular formula is C21H25Cl2N3O2. The first-order chi connectivity index (χ1) is 13.3. The van der Waals surface area contributed by atoms with Crippen molar-refractivity contribution in [2.45, 2.75) is 27.2 Å². The van der Waals surface area contributed by atoms with Crippen LogP contribution in [0, 0.1) is 13.8 Å². The second-order valence-corrected chi connectivity index (χ2v) is 7.59. The fourth-order valence-corrected chi connectivity index (χ4v) is 3.32. The molecule has 0 aromatic heterocycles. The molecule has 2 amide bonds. The van der Waals surface area contributed by atoms with Crippen LogP contribution in [0.15, 0.2) is 36.4 Å². The summed E-state index contributed by atoms with van der Waals surface area (Å²) in [6, 6.07) is 10.7. The van der Waals surface area contributed by atoms with E-state index in [-0.39, 0.29) is 24.9 Å². The number of nitrogens with zero attached hydrogens (tertiary/aromatic N) is 1. The molecule has 2 N–H and O–H groups in total. The van der Waals surface area contributed by atoms with Gasteiger partial charge in [0.25, 0.3) is 0 Å². The van der Waals surface area contributed by atoms with E-state index < -0.39 is 0 Å². The maximum atomic E-state index is 12.4. The van der Waals surface area contributed by atoms with Gasteiger partial charge in [-0.15, -0.1) is 0 Å². The van der Waals surface area contributed by atoms with Crippen molar-refractivity contribution in [2.75, 3.05) is 30.3 Å². The van der Waals surface area contributed by atoms with Gasteiger partial charge in [-0.3, -0.25) is 14.5 Å². The van der Waals surface area contributed by atoms with Crippen molar-refractivity contribution in [3.05, 3.63) is 57.6 Å². The van der Waals surface area contributed by atoms with E-state index in [2.05, 4.69) is 10.6 Å². The molecular weight excluding hydrogens is 397 g/mol. The Kier molecular flexibility index (Phi) is 8.30. The van der Waals surface area contributed by atoms with E-state index in [1.807, 2.05) is 39.0 Å². The van der Waals surface area contributed by atoms with Gasteiger partial charge < -0.3 is 10.6 Å². The fraction of sp³-hybridized carbons (Fsp3) is 0.333. The van der Waals surface area contributed by atoms with Crippen LogP contribution in [0.1, 0.15) is 24.5 Å². The fourth-order valence-electron chi connectivity index (χ4n) is 2.86. The Hall–Kier alpha value is -2.08. The van der Waals surface area contributed by atoms with Crippen molar-refractivity contribution < 1.29 is 9.59 Å². The number of carbonyl (C=O) groups is 2. The molecule has 0 aliphatic carbocycles. The quantitative estimate of drug-likeness (QED) is 0.636. The van der Waals surface area contributed by atoms with Crippen LogP contribution < -0.4 is 10.6 Å². The normalized spacial score (nSPS) is 10.8. The van der Waals surface area contributed by atoms with Gasteiger partial charge in [0.15, 0.2) is 0 Å². The molecule has 2 aromatic rings. The van der Waals surface area contributed by atoms with Crippen molar-refractivity contribution >= 4 is 46.4 Å². The monoisotopic (exact) mass is 421 g/mol. The second-order valence-electron chi connectivity index (χ2n) is 6.75. The molecule has 2 rings (SSSR count). The van der Waals surface area contributed by atoms with Crippen molar-refractivity contribution in [2.24, 2.45) is 0 Å². The maximum absolute atomic E-state index is 12.4. The summed E-state index contributed by atoms with van der Waals surface area (Å²) in [6.45, 7) is 6.81. The number of benzene rings is 2. The van der Waals surface area contributed by atoms with Crippen LogP contribution in [0.3, 0.4) is 0 Å². The smallest absolute Gasteiger partial charge is 0.238 e. The van der Waals surface area contributed by atoms with Gasteiger partial charge in [-0.1, -0.05) is 47.8 Å². The van der Waals surface area contributed by atoms with Crippen LogP contribution in [-0.2, 0) is 9.59 Å². The number of hydrogen-bond donors (Lipinski definition) is 2. The van der Waals surface area contributed by atoms with Crippen LogP contribution in [0.2, 0.25) is 10.0 Å². The van der Waals surface area contributed by atoms with E-state index in [1.54, 1.807) is 23.1 Å². The molecule has 2 aromatic carbocycles. The van der Waals surface area contributed by atoms with Gasteiger partial charge in [0.1, 0.15) is 0 Å². The molecule has 0 heterocycles. The van der Waals surface area contributed by atoms with Crippen molar-refractivity contribution in [3.8, 4) is 0 Å². The standard InChI is InChI=1S/C21H25Cl2N3O2/c1-4-9-26(12-20(27)24-18-7-5-14(2)10-15(18)3)13-21(28)25-19-8-6-16(22)11-17(19)23/h5-8,10-11H,4,9,12-13H2,1-3H3,(H,24,27)(H,25,28). The summed E-state index contributed by atoms with van der Waals surface area (Å²) < 4.78 is 0.